The predicted molar refractivity (Wildman–Crippen MR) is 192 cm³/mol. The second-order valence-corrected chi connectivity index (χ2v) is 15.0. The number of aryl methyl sites for hydroxylation is 4. The highest BCUT2D eigenvalue weighted by Crippen LogP contribution is 2.28. The van der Waals surface area contributed by atoms with E-state index in [-0.39, 0.29) is 23.4 Å². The van der Waals surface area contributed by atoms with Crippen molar-refractivity contribution in [2.45, 2.75) is 89.7 Å². The van der Waals surface area contributed by atoms with Crippen LogP contribution in [-0.4, -0.2) is 43.8 Å². The van der Waals surface area contributed by atoms with Crippen LogP contribution in [0.15, 0.2) is 102 Å². The first-order chi connectivity index (χ1) is 23.0. The van der Waals surface area contributed by atoms with Gasteiger partial charge in [-0.15, -0.1) is 0 Å². The van der Waals surface area contributed by atoms with E-state index in [0.29, 0.717) is 12.1 Å². The Labute approximate surface area is 286 Å². The van der Waals surface area contributed by atoms with Crippen LogP contribution in [-0.2, 0) is 32.6 Å². The molecule has 1 saturated carbocycles. The second-order valence-electron chi connectivity index (χ2n) is 13.2. The summed E-state index contributed by atoms with van der Waals surface area (Å²) in [6, 6.07) is 28.9. The fourth-order valence-electron chi connectivity index (χ4n) is 6.53. The zero-order valence-corrected chi connectivity index (χ0v) is 29.3. The molecule has 1 aliphatic carbocycles. The molecule has 48 heavy (non-hydrogen) atoms. The Bertz CT molecular complexity index is 1800. The van der Waals surface area contributed by atoms with E-state index in [1.165, 1.54) is 4.31 Å². The summed E-state index contributed by atoms with van der Waals surface area (Å²) in [6.45, 7) is 7.39. The van der Waals surface area contributed by atoms with Crippen LogP contribution in [0.4, 0.5) is 5.69 Å². The number of nitrogens with one attached hydrogen (secondary N) is 1. The maximum Gasteiger partial charge on any atom is 0.264 e. The molecule has 8 heteroatoms. The third-order valence-electron chi connectivity index (χ3n) is 9.21. The van der Waals surface area contributed by atoms with Crippen LogP contribution in [0.3, 0.4) is 0 Å². The monoisotopic (exact) mass is 665 g/mol. The van der Waals surface area contributed by atoms with Crippen LogP contribution in [0.2, 0.25) is 0 Å². The summed E-state index contributed by atoms with van der Waals surface area (Å²) in [4.78, 5) is 30.8. The Morgan fingerprint density at radius 1 is 0.771 bits per heavy atom. The molecule has 0 spiro atoms. The summed E-state index contributed by atoms with van der Waals surface area (Å²) in [5, 5.41) is 3.27. The summed E-state index contributed by atoms with van der Waals surface area (Å²) in [5.74, 6) is -0.667. The smallest absolute Gasteiger partial charge is 0.264 e. The number of benzene rings is 4. The van der Waals surface area contributed by atoms with Crippen LogP contribution in [0.1, 0.15) is 65.5 Å². The van der Waals surface area contributed by atoms with E-state index < -0.39 is 28.5 Å². The molecule has 0 saturated heterocycles. The molecule has 1 fully saturated rings. The molecule has 0 bridgehead atoms. The van der Waals surface area contributed by atoms with Gasteiger partial charge in [0.15, 0.2) is 0 Å². The van der Waals surface area contributed by atoms with Gasteiger partial charge in [0.25, 0.3) is 10.0 Å². The number of nitrogens with zero attached hydrogens (tertiary/aromatic N) is 2. The largest absolute Gasteiger partial charge is 0.352 e. The van der Waals surface area contributed by atoms with Gasteiger partial charge in [-0.25, -0.2) is 8.42 Å². The van der Waals surface area contributed by atoms with Gasteiger partial charge in [0.05, 0.1) is 10.6 Å². The molecular formula is C40H47N3O4S. The second kappa shape index (κ2) is 15.6. The lowest BCUT2D eigenvalue weighted by molar-refractivity contribution is -0.140. The van der Waals surface area contributed by atoms with Crippen LogP contribution < -0.4 is 9.62 Å². The normalized spacial score (nSPS) is 14.2. The number of hydrogen-bond acceptors (Lipinski definition) is 4. The molecular weight excluding hydrogens is 619 g/mol. The number of anilines is 1. The Balaban J connectivity index is 1.59. The minimum atomic E-state index is -4.16. The minimum absolute atomic E-state index is 0.0496. The Kier molecular flexibility index (Phi) is 11.4. The van der Waals surface area contributed by atoms with Crippen LogP contribution in [0.25, 0.3) is 0 Å². The molecule has 7 nitrogen and oxygen atoms in total. The Morgan fingerprint density at radius 2 is 1.40 bits per heavy atom. The fraction of sp³-hybridized carbons (Fsp3) is 0.350. The van der Waals surface area contributed by atoms with E-state index in [1.807, 2.05) is 88.4 Å². The van der Waals surface area contributed by atoms with Gasteiger partial charge in [-0.05, 0) is 92.6 Å². The van der Waals surface area contributed by atoms with Crippen molar-refractivity contribution >= 4 is 27.5 Å². The van der Waals surface area contributed by atoms with Gasteiger partial charge in [-0.3, -0.25) is 13.9 Å². The summed E-state index contributed by atoms with van der Waals surface area (Å²) >= 11 is 0. The molecule has 0 aliphatic heterocycles. The zero-order valence-electron chi connectivity index (χ0n) is 28.5. The summed E-state index contributed by atoms with van der Waals surface area (Å²) in [5.41, 5.74) is 5.90. The van der Waals surface area contributed by atoms with Gasteiger partial charge in [0.1, 0.15) is 12.6 Å². The molecule has 0 heterocycles. The fourth-order valence-corrected chi connectivity index (χ4v) is 7.93. The van der Waals surface area contributed by atoms with Crippen molar-refractivity contribution in [1.29, 1.82) is 0 Å². The molecule has 252 valence electrons. The van der Waals surface area contributed by atoms with Gasteiger partial charge in [0, 0.05) is 19.0 Å². The van der Waals surface area contributed by atoms with E-state index in [4.69, 9.17) is 0 Å². The van der Waals surface area contributed by atoms with Crippen LogP contribution >= 0.6 is 0 Å². The number of carbonyl (C=O) groups is 2. The van der Waals surface area contributed by atoms with Crippen LogP contribution in [0.5, 0.6) is 0 Å². The number of carbonyl (C=O) groups excluding carboxylic acids is 2. The lowest BCUT2D eigenvalue weighted by Gasteiger charge is -2.35. The molecule has 0 unspecified atom stereocenters. The Hall–Kier alpha value is -4.43. The van der Waals surface area contributed by atoms with Gasteiger partial charge < -0.3 is 10.2 Å². The van der Waals surface area contributed by atoms with Crippen molar-refractivity contribution in [3.8, 4) is 0 Å². The average Bonchev–Trinajstić information content (AvgIpc) is 3.06. The average molecular weight is 666 g/mol. The number of amides is 2. The highest BCUT2D eigenvalue weighted by Gasteiger charge is 2.35. The van der Waals surface area contributed by atoms with Gasteiger partial charge in [-0.1, -0.05) is 97.6 Å². The van der Waals surface area contributed by atoms with Gasteiger partial charge >= 0.3 is 0 Å². The van der Waals surface area contributed by atoms with E-state index in [2.05, 4.69) is 5.32 Å². The highest BCUT2D eigenvalue weighted by atomic mass is 32.2. The van der Waals surface area contributed by atoms with E-state index in [0.717, 1.165) is 65.5 Å². The summed E-state index contributed by atoms with van der Waals surface area (Å²) in [7, 11) is -4.16. The van der Waals surface area contributed by atoms with Crippen LogP contribution in [0, 0.1) is 27.7 Å². The quantitative estimate of drug-likeness (QED) is 0.173. The molecule has 1 N–H and O–H groups in total. The topological polar surface area (TPSA) is 86.8 Å². The number of hydrogen-bond donors (Lipinski definition) is 1. The predicted octanol–water partition coefficient (Wildman–Crippen LogP) is 7.20. The molecule has 0 radical (unpaired) electrons. The van der Waals surface area contributed by atoms with Crippen molar-refractivity contribution in [3.05, 3.63) is 130 Å². The van der Waals surface area contributed by atoms with E-state index >= 15 is 0 Å². The molecule has 4 aromatic carbocycles. The first kappa shape index (κ1) is 34.9. The third kappa shape index (κ3) is 8.72. The van der Waals surface area contributed by atoms with Crippen molar-refractivity contribution in [1.82, 2.24) is 10.2 Å². The minimum Gasteiger partial charge on any atom is -0.352 e. The van der Waals surface area contributed by atoms with Gasteiger partial charge in [-0.2, -0.15) is 0 Å². The first-order valence-electron chi connectivity index (χ1n) is 16.9. The lowest BCUT2D eigenvalue weighted by Crippen LogP contribution is -2.55. The lowest BCUT2D eigenvalue weighted by atomic mass is 9.94. The molecule has 1 atom stereocenters. The van der Waals surface area contributed by atoms with E-state index in [9.17, 15) is 18.0 Å². The maximum atomic E-state index is 14.8. The van der Waals surface area contributed by atoms with Gasteiger partial charge in [0.2, 0.25) is 11.8 Å². The van der Waals surface area contributed by atoms with Crippen molar-refractivity contribution < 1.29 is 18.0 Å². The molecule has 0 aromatic heterocycles. The number of sulfonamides is 1. The first-order valence-corrected chi connectivity index (χ1v) is 18.3. The number of rotatable bonds is 12. The highest BCUT2D eigenvalue weighted by molar-refractivity contribution is 7.92. The molecule has 4 aromatic rings. The summed E-state index contributed by atoms with van der Waals surface area (Å²) in [6.07, 6.45) is 5.38. The van der Waals surface area contributed by atoms with Crippen molar-refractivity contribution in [3.63, 3.8) is 0 Å². The SMILES string of the molecule is Cc1ccc(S(=O)(=O)N(CC(=O)N(Cc2ccccc2C)[C@@H](Cc2ccccc2)C(=O)NC2CCCCC2)c2cc(C)cc(C)c2)cc1. The third-order valence-corrected chi connectivity index (χ3v) is 11.0. The van der Waals surface area contributed by atoms with Crippen molar-refractivity contribution in [2.24, 2.45) is 0 Å². The van der Waals surface area contributed by atoms with Crippen molar-refractivity contribution in [2.75, 3.05) is 10.8 Å². The zero-order chi connectivity index (χ0) is 34.3. The molecule has 2 amide bonds. The maximum absolute atomic E-state index is 14.8. The Morgan fingerprint density at radius 3 is 2.04 bits per heavy atom. The molecule has 1 aliphatic rings. The summed E-state index contributed by atoms with van der Waals surface area (Å²) < 4.78 is 29.9. The standard InChI is InChI=1S/C40H47N3O4S/c1-29-19-21-37(22-20-29)48(46,47)43(36-24-30(2)23-31(3)25-36)28-39(44)42(27-34-16-12-11-13-32(34)4)38(26-33-14-7-5-8-15-33)40(45)41-35-17-9-6-10-18-35/h5,7-8,11-16,19-25,35,38H,6,9-10,17-18,26-28H2,1-4H3,(H,41,45)/t38-/m0/s1. The molecule has 5 rings (SSSR count). The van der Waals surface area contributed by atoms with E-state index in [1.54, 1.807) is 41.3 Å².